The number of esters is 1. The molecule has 0 unspecified atom stereocenters. The van der Waals surface area contributed by atoms with E-state index in [1.165, 1.54) is 29.5 Å². The normalized spacial score (nSPS) is 12.8. The molecule has 146 valence electrons. The molecule has 1 N–H and O–H groups in total. The summed E-state index contributed by atoms with van der Waals surface area (Å²) in [6.45, 7) is 2.27. The Labute approximate surface area is 166 Å². The number of amides is 1. The number of ether oxygens (including phenoxy) is 1. The first-order valence-corrected chi connectivity index (χ1v) is 9.86. The SMILES string of the molecule is CCCOC(=O)c1c(NC(=O)C=Cc2ccc([N+](=O)[O-])cc2)sc2c1CCC2. The second-order valence-corrected chi connectivity index (χ2v) is 7.47. The number of nitrogens with one attached hydrogen (secondary N) is 1. The molecular formula is C20H20N2O5S. The predicted molar refractivity (Wildman–Crippen MR) is 108 cm³/mol. The van der Waals surface area contributed by atoms with Crippen molar-refractivity contribution in [3.05, 3.63) is 62.0 Å². The van der Waals surface area contributed by atoms with Gasteiger partial charge in [0, 0.05) is 23.1 Å². The van der Waals surface area contributed by atoms with Gasteiger partial charge in [-0.15, -0.1) is 11.3 Å². The van der Waals surface area contributed by atoms with Gasteiger partial charge >= 0.3 is 5.97 Å². The molecule has 1 aromatic carbocycles. The molecule has 0 aliphatic heterocycles. The van der Waals surface area contributed by atoms with E-state index in [1.54, 1.807) is 18.2 Å². The zero-order valence-electron chi connectivity index (χ0n) is 15.4. The van der Waals surface area contributed by atoms with Gasteiger partial charge < -0.3 is 10.1 Å². The van der Waals surface area contributed by atoms with E-state index in [-0.39, 0.29) is 11.6 Å². The third-order valence-corrected chi connectivity index (χ3v) is 5.54. The Balaban J connectivity index is 1.73. The van der Waals surface area contributed by atoms with Gasteiger partial charge in [0.05, 0.1) is 17.1 Å². The third-order valence-electron chi connectivity index (χ3n) is 4.33. The zero-order chi connectivity index (χ0) is 20.1. The van der Waals surface area contributed by atoms with Crippen LogP contribution < -0.4 is 5.32 Å². The highest BCUT2D eigenvalue weighted by atomic mass is 32.1. The third kappa shape index (κ3) is 4.45. The lowest BCUT2D eigenvalue weighted by Gasteiger charge is -2.07. The molecule has 0 saturated carbocycles. The molecule has 0 saturated heterocycles. The minimum absolute atomic E-state index is 0.00932. The van der Waals surface area contributed by atoms with Crippen LogP contribution in [-0.4, -0.2) is 23.4 Å². The van der Waals surface area contributed by atoms with Crippen LogP contribution in [0.1, 0.15) is 46.1 Å². The number of nitrogens with zero attached hydrogens (tertiary/aromatic N) is 1. The van der Waals surface area contributed by atoms with Crippen LogP contribution in [0.4, 0.5) is 10.7 Å². The van der Waals surface area contributed by atoms with Crippen molar-refractivity contribution in [2.45, 2.75) is 32.6 Å². The van der Waals surface area contributed by atoms with Crippen LogP contribution in [0.5, 0.6) is 0 Å². The van der Waals surface area contributed by atoms with E-state index >= 15 is 0 Å². The lowest BCUT2D eigenvalue weighted by atomic mass is 10.1. The minimum atomic E-state index is -0.477. The van der Waals surface area contributed by atoms with Gasteiger partial charge in [-0.2, -0.15) is 0 Å². The first-order valence-electron chi connectivity index (χ1n) is 9.04. The molecule has 1 aliphatic rings. The van der Waals surface area contributed by atoms with Gasteiger partial charge in [0.25, 0.3) is 5.69 Å². The second-order valence-electron chi connectivity index (χ2n) is 6.37. The predicted octanol–water partition coefficient (Wildman–Crippen LogP) is 4.36. The van der Waals surface area contributed by atoms with Crippen LogP contribution in [0.3, 0.4) is 0 Å². The summed E-state index contributed by atoms with van der Waals surface area (Å²) in [6, 6.07) is 5.89. The first-order chi connectivity index (χ1) is 13.5. The molecule has 28 heavy (non-hydrogen) atoms. The Kier molecular flexibility index (Phi) is 6.20. The van der Waals surface area contributed by atoms with Crippen molar-refractivity contribution in [1.82, 2.24) is 0 Å². The maximum Gasteiger partial charge on any atom is 0.341 e. The maximum atomic E-state index is 12.5. The van der Waals surface area contributed by atoms with E-state index in [0.717, 1.165) is 36.1 Å². The fraction of sp³-hybridized carbons (Fsp3) is 0.300. The summed E-state index contributed by atoms with van der Waals surface area (Å²) in [6.07, 6.45) is 6.36. The van der Waals surface area contributed by atoms with Crippen molar-refractivity contribution in [2.24, 2.45) is 0 Å². The molecule has 8 heteroatoms. The summed E-state index contributed by atoms with van der Waals surface area (Å²) in [5, 5.41) is 14.0. The van der Waals surface area contributed by atoms with Crippen LogP contribution in [0, 0.1) is 10.1 Å². The van der Waals surface area contributed by atoms with E-state index in [4.69, 9.17) is 4.74 Å². The molecule has 7 nitrogen and oxygen atoms in total. The van der Waals surface area contributed by atoms with Crippen LogP contribution in [-0.2, 0) is 22.4 Å². The average Bonchev–Trinajstić information content (AvgIpc) is 3.25. The standard InChI is InChI=1S/C20H20N2O5S/c1-2-12-27-20(24)18-15-4-3-5-16(15)28-19(18)21-17(23)11-8-13-6-9-14(10-7-13)22(25)26/h6-11H,2-5,12H2,1H3,(H,21,23). The fourth-order valence-electron chi connectivity index (χ4n) is 3.01. The Morgan fingerprint density at radius 2 is 2.04 bits per heavy atom. The van der Waals surface area contributed by atoms with E-state index in [0.29, 0.717) is 22.7 Å². The van der Waals surface area contributed by atoms with Gasteiger partial charge in [-0.05, 0) is 55.0 Å². The number of carbonyl (C=O) groups excluding carboxylic acids is 2. The topological polar surface area (TPSA) is 98.5 Å². The molecule has 0 radical (unpaired) electrons. The minimum Gasteiger partial charge on any atom is -0.462 e. The number of nitro groups is 1. The highest BCUT2D eigenvalue weighted by molar-refractivity contribution is 7.17. The van der Waals surface area contributed by atoms with Crippen molar-refractivity contribution < 1.29 is 19.2 Å². The number of fused-ring (bicyclic) bond motifs is 1. The number of hydrogen-bond acceptors (Lipinski definition) is 6. The number of nitro benzene ring substituents is 1. The molecule has 0 spiro atoms. The summed E-state index contributed by atoms with van der Waals surface area (Å²) in [5.41, 5.74) is 2.12. The summed E-state index contributed by atoms with van der Waals surface area (Å²) in [7, 11) is 0. The van der Waals surface area contributed by atoms with Gasteiger partial charge in [0.1, 0.15) is 5.00 Å². The van der Waals surface area contributed by atoms with Gasteiger partial charge in [-0.3, -0.25) is 14.9 Å². The molecule has 1 amide bonds. The van der Waals surface area contributed by atoms with E-state index in [2.05, 4.69) is 5.32 Å². The smallest absolute Gasteiger partial charge is 0.341 e. The lowest BCUT2D eigenvalue weighted by molar-refractivity contribution is -0.384. The Bertz CT molecular complexity index is 931. The molecule has 3 rings (SSSR count). The van der Waals surface area contributed by atoms with Crippen molar-refractivity contribution in [1.29, 1.82) is 0 Å². The number of rotatable bonds is 7. The van der Waals surface area contributed by atoms with Gasteiger partial charge in [0.15, 0.2) is 0 Å². The highest BCUT2D eigenvalue weighted by Gasteiger charge is 2.28. The number of hydrogen-bond donors (Lipinski definition) is 1. The number of thiophene rings is 1. The summed E-state index contributed by atoms with van der Waals surface area (Å²) >= 11 is 1.42. The molecule has 1 aromatic heterocycles. The van der Waals surface area contributed by atoms with Crippen LogP contribution in [0.2, 0.25) is 0 Å². The molecule has 0 atom stereocenters. The molecule has 1 heterocycles. The highest BCUT2D eigenvalue weighted by Crippen LogP contribution is 2.39. The van der Waals surface area contributed by atoms with Gasteiger partial charge in [-0.25, -0.2) is 4.79 Å². The van der Waals surface area contributed by atoms with E-state index in [1.807, 2.05) is 6.92 Å². The average molecular weight is 400 g/mol. The second kappa shape index (κ2) is 8.79. The maximum absolute atomic E-state index is 12.5. The van der Waals surface area contributed by atoms with Crippen molar-refractivity contribution in [3.8, 4) is 0 Å². The summed E-state index contributed by atoms with van der Waals surface area (Å²) < 4.78 is 5.29. The molecule has 2 aromatic rings. The number of anilines is 1. The summed E-state index contributed by atoms with van der Waals surface area (Å²) in [4.78, 5) is 36.1. The van der Waals surface area contributed by atoms with Crippen LogP contribution in [0.15, 0.2) is 30.3 Å². The van der Waals surface area contributed by atoms with Crippen molar-refractivity contribution >= 4 is 40.0 Å². The van der Waals surface area contributed by atoms with E-state index < -0.39 is 10.9 Å². The van der Waals surface area contributed by atoms with Crippen molar-refractivity contribution in [2.75, 3.05) is 11.9 Å². The number of aryl methyl sites for hydroxylation is 1. The van der Waals surface area contributed by atoms with E-state index in [9.17, 15) is 19.7 Å². The largest absolute Gasteiger partial charge is 0.462 e. The number of carbonyl (C=O) groups is 2. The van der Waals surface area contributed by atoms with Gasteiger partial charge in [0.2, 0.25) is 5.91 Å². The molecule has 1 aliphatic carbocycles. The molecule has 0 bridgehead atoms. The van der Waals surface area contributed by atoms with Crippen molar-refractivity contribution in [3.63, 3.8) is 0 Å². The van der Waals surface area contributed by atoms with Crippen LogP contribution in [0.25, 0.3) is 6.08 Å². The summed E-state index contributed by atoms with van der Waals surface area (Å²) in [5.74, 6) is -0.765. The fourth-order valence-corrected chi connectivity index (χ4v) is 4.29. The van der Waals surface area contributed by atoms with Crippen LogP contribution >= 0.6 is 11.3 Å². The zero-order valence-corrected chi connectivity index (χ0v) is 16.2. The lowest BCUT2D eigenvalue weighted by Crippen LogP contribution is -2.13. The first kappa shape index (κ1) is 19.8. The quantitative estimate of drug-likeness (QED) is 0.322. The monoisotopic (exact) mass is 400 g/mol. The molecular weight excluding hydrogens is 380 g/mol. The number of benzene rings is 1. The Hall–Kier alpha value is -3.00. The Morgan fingerprint density at radius 3 is 2.71 bits per heavy atom. The Morgan fingerprint density at radius 1 is 1.29 bits per heavy atom. The molecule has 0 fully saturated rings. The number of non-ortho nitro benzene ring substituents is 1. The van der Waals surface area contributed by atoms with Gasteiger partial charge in [-0.1, -0.05) is 6.92 Å².